The number of amides is 1. The van der Waals surface area contributed by atoms with Crippen LogP contribution in [-0.4, -0.2) is 11.7 Å². The van der Waals surface area contributed by atoms with E-state index in [2.05, 4.69) is 5.32 Å². The number of thiophene rings is 1. The summed E-state index contributed by atoms with van der Waals surface area (Å²) in [4.78, 5) is 26.9. The number of carbonyl (C=O) groups is 2. The number of furan rings is 1. The van der Waals surface area contributed by atoms with E-state index >= 15 is 0 Å². The molecule has 0 aliphatic heterocycles. The predicted octanol–water partition coefficient (Wildman–Crippen LogP) is 5.02. The van der Waals surface area contributed by atoms with E-state index in [9.17, 15) is 9.59 Å². The van der Waals surface area contributed by atoms with Crippen LogP contribution in [0.2, 0.25) is 0 Å². The quantitative estimate of drug-likeness (QED) is 0.442. The monoisotopic (exact) mass is 401 g/mol. The van der Waals surface area contributed by atoms with Crippen LogP contribution >= 0.6 is 11.3 Å². The second kappa shape index (κ2) is 8.71. The molecule has 4 rings (SSSR count). The third-order valence-corrected chi connectivity index (χ3v) is 5.68. The zero-order chi connectivity index (χ0) is 20.1. The zero-order valence-corrected chi connectivity index (χ0v) is 16.4. The molecule has 5 heteroatoms. The molecule has 144 valence electrons. The van der Waals surface area contributed by atoms with Crippen LogP contribution < -0.4 is 5.32 Å². The summed E-state index contributed by atoms with van der Waals surface area (Å²) in [5.74, 6) is -0.295. The Hall–Kier alpha value is -3.44. The number of hydrogen-bond acceptors (Lipinski definition) is 4. The minimum atomic E-state index is -0.387. The lowest BCUT2D eigenvalue weighted by atomic mass is 9.90. The Bertz CT molecular complexity index is 1050. The molecule has 0 bridgehead atoms. The molecule has 0 aliphatic carbocycles. The van der Waals surface area contributed by atoms with Crippen LogP contribution in [-0.2, 0) is 11.3 Å². The van der Waals surface area contributed by atoms with Crippen molar-refractivity contribution in [2.24, 2.45) is 0 Å². The topological polar surface area (TPSA) is 59.3 Å². The SMILES string of the molecule is O=C(c1ccco1)c1ccc(CNC(=O)C(c2ccccc2)c2ccccc2)s1. The van der Waals surface area contributed by atoms with Crippen LogP contribution in [0.15, 0.2) is 95.6 Å². The normalized spacial score (nSPS) is 10.8. The van der Waals surface area contributed by atoms with Gasteiger partial charge in [0.25, 0.3) is 0 Å². The van der Waals surface area contributed by atoms with Gasteiger partial charge in [-0.15, -0.1) is 11.3 Å². The molecule has 0 unspecified atom stereocenters. The highest BCUT2D eigenvalue weighted by Gasteiger charge is 2.22. The maximum atomic E-state index is 13.1. The number of ketones is 1. The van der Waals surface area contributed by atoms with E-state index in [1.54, 1.807) is 18.2 Å². The van der Waals surface area contributed by atoms with Crippen molar-refractivity contribution in [3.63, 3.8) is 0 Å². The second-order valence-electron chi connectivity index (χ2n) is 6.54. The smallest absolute Gasteiger partial charge is 0.238 e. The van der Waals surface area contributed by atoms with E-state index in [0.717, 1.165) is 16.0 Å². The zero-order valence-electron chi connectivity index (χ0n) is 15.6. The molecule has 0 saturated carbocycles. The largest absolute Gasteiger partial charge is 0.461 e. The number of nitrogens with one attached hydrogen (secondary N) is 1. The van der Waals surface area contributed by atoms with Crippen molar-refractivity contribution >= 4 is 23.0 Å². The first-order valence-corrected chi connectivity index (χ1v) is 10.1. The maximum absolute atomic E-state index is 13.1. The van der Waals surface area contributed by atoms with Crippen molar-refractivity contribution in [1.82, 2.24) is 5.32 Å². The van der Waals surface area contributed by atoms with Crippen molar-refractivity contribution < 1.29 is 14.0 Å². The molecule has 4 nitrogen and oxygen atoms in total. The molecule has 0 atom stereocenters. The molecule has 1 N–H and O–H groups in total. The Morgan fingerprint density at radius 3 is 2.07 bits per heavy atom. The van der Waals surface area contributed by atoms with E-state index in [-0.39, 0.29) is 17.6 Å². The molecule has 2 heterocycles. The van der Waals surface area contributed by atoms with Gasteiger partial charge in [0.05, 0.1) is 23.6 Å². The molecule has 0 aliphatic rings. The summed E-state index contributed by atoms with van der Waals surface area (Å²) < 4.78 is 5.17. The van der Waals surface area contributed by atoms with Crippen LogP contribution in [0, 0.1) is 0 Å². The first-order chi connectivity index (χ1) is 14.2. The van der Waals surface area contributed by atoms with Gasteiger partial charge >= 0.3 is 0 Å². The summed E-state index contributed by atoms with van der Waals surface area (Å²) in [5.41, 5.74) is 1.88. The predicted molar refractivity (Wildman–Crippen MR) is 113 cm³/mol. The highest BCUT2D eigenvalue weighted by molar-refractivity contribution is 7.14. The number of rotatable bonds is 7. The van der Waals surface area contributed by atoms with Gasteiger partial charge < -0.3 is 9.73 Å². The Morgan fingerprint density at radius 1 is 0.828 bits per heavy atom. The molecule has 29 heavy (non-hydrogen) atoms. The molecule has 4 aromatic rings. The lowest BCUT2D eigenvalue weighted by Gasteiger charge is -2.17. The molecule has 0 radical (unpaired) electrons. The van der Waals surface area contributed by atoms with E-state index in [0.29, 0.717) is 17.2 Å². The van der Waals surface area contributed by atoms with Gasteiger partial charge in [0.15, 0.2) is 5.76 Å². The standard InChI is InChI=1S/C24H19NO3S/c26-23(20-12-7-15-28-20)21-14-13-19(29-21)16-25-24(27)22(17-8-3-1-4-9-17)18-10-5-2-6-11-18/h1-15,22H,16H2,(H,25,27). The van der Waals surface area contributed by atoms with Crippen LogP contribution in [0.1, 0.15) is 37.4 Å². The summed E-state index contributed by atoms with van der Waals surface area (Å²) >= 11 is 1.36. The number of hydrogen-bond donors (Lipinski definition) is 1. The van der Waals surface area contributed by atoms with Crippen molar-refractivity contribution in [2.45, 2.75) is 12.5 Å². The summed E-state index contributed by atoms with van der Waals surface area (Å²) in [6, 6.07) is 26.4. The van der Waals surface area contributed by atoms with Gasteiger partial charge in [-0.05, 0) is 35.4 Å². The molecule has 2 aromatic carbocycles. The highest BCUT2D eigenvalue weighted by Crippen LogP contribution is 2.25. The summed E-state index contributed by atoms with van der Waals surface area (Å²) in [6.45, 7) is 0.366. The molecular formula is C24H19NO3S. The first kappa shape index (κ1) is 18.9. The number of carbonyl (C=O) groups excluding carboxylic acids is 2. The lowest BCUT2D eigenvalue weighted by molar-refractivity contribution is -0.121. The van der Waals surface area contributed by atoms with Crippen molar-refractivity contribution in [3.8, 4) is 0 Å². The van der Waals surface area contributed by atoms with Gasteiger partial charge in [-0.25, -0.2) is 0 Å². The third kappa shape index (κ3) is 4.36. The van der Waals surface area contributed by atoms with Gasteiger partial charge in [0, 0.05) is 4.88 Å². The van der Waals surface area contributed by atoms with E-state index in [4.69, 9.17) is 4.42 Å². The van der Waals surface area contributed by atoms with Crippen molar-refractivity contribution in [1.29, 1.82) is 0 Å². The third-order valence-electron chi connectivity index (χ3n) is 4.60. The Labute approximate surface area is 172 Å². The lowest BCUT2D eigenvalue weighted by Crippen LogP contribution is -2.29. The van der Waals surface area contributed by atoms with E-state index < -0.39 is 0 Å². The highest BCUT2D eigenvalue weighted by atomic mass is 32.1. The van der Waals surface area contributed by atoms with E-state index in [1.807, 2.05) is 66.7 Å². The molecule has 0 saturated heterocycles. The molecular weight excluding hydrogens is 382 g/mol. The summed E-state index contributed by atoms with van der Waals surface area (Å²) in [6.07, 6.45) is 1.48. The fraction of sp³-hybridized carbons (Fsp3) is 0.0833. The number of benzene rings is 2. The molecule has 1 amide bonds. The summed E-state index contributed by atoms with van der Waals surface area (Å²) in [5, 5.41) is 3.02. The van der Waals surface area contributed by atoms with Crippen LogP contribution in [0.3, 0.4) is 0 Å². The van der Waals surface area contributed by atoms with Gasteiger partial charge in [0.2, 0.25) is 11.7 Å². The average Bonchev–Trinajstić information content (AvgIpc) is 3.46. The molecule has 0 spiro atoms. The minimum Gasteiger partial charge on any atom is -0.461 e. The van der Waals surface area contributed by atoms with Gasteiger partial charge in [-0.2, -0.15) is 0 Å². The average molecular weight is 401 g/mol. The molecule has 2 aromatic heterocycles. The van der Waals surface area contributed by atoms with E-state index in [1.165, 1.54) is 17.6 Å². The molecule has 0 fully saturated rings. The second-order valence-corrected chi connectivity index (χ2v) is 7.71. The Balaban J connectivity index is 1.48. The van der Waals surface area contributed by atoms with Gasteiger partial charge in [0.1, 0.15) is 0 Å². The van der Waals surface area contributed by atoms with Crippen LogP contribution in [0.5, 0.6) is 0 Å². The van der Waals surface area contributed by atoms with Gasteiger partial charge in [-0.3, -0.25) is 9.59 Å². The van der Waals surface area contributed by atoms with Crippen LogP contribution in [0.4, 0.5) is 0 Å². The summed E-state index contributed by atoms with van der Waals surface area (Å²) in [7, 11) is 0. The van der Waals surface area contributed by atoms with Crippen molar-refractivity contribution in [2.75, 3.05) is 0 Å². The van der Waals surface area contributed by atoms with Gasteiger partial charge in [-0.1, -0.05) is 60.7 Å². The Kier molecular flexibility index (Phi) is 5.68. The van der Waals surface area contributed by atoms with Crippen LogP contribution in [0.25, 0.3) is 0 Å². The first-order valence-electron chi connectivity index (χ1n) is 9.27. The minimum absolute atomic E-state index is 0.0743. The maximum Gasteiger partial charge on any atom is 0.238 e. The van der Waals surface area contributed by atoms with Crippen molar-refractivity contribution in [3.05, 3.63) is 118 Å². The fourth-order valence-electron chi connectivity index (χ4n) is 3.19. The fourth-order valence-corrected chi connectivity index (χ4v) is 4.08. The Morgan fingerprint density at radius 2 is 1.48 bits per heavy atom.